The summed E-state index contributed by atoms with van der Waals surface area (Å²) in [5.41, 5.74) is 1.62. The molecule has 3 heteroatoms. The third-order valence-electron chi connectivity index (χ3n) is 4.42. The minimum absolute atomic E-state index is 0.367. The molecule has 1 heterocycles. The molecule has 21 heavy (non-hydrogen) atoms. The molecule has 2 atom stereocenters. The summed E-state index contributed by atoms with van der Waals surface area (Å²) >= 11 is 0. The van der Waals surface area contributed by atoms with Crippen LogP contribution in [-0.2, 0) is 17.9 Å². The maximum Gasteiger partial charge on any atom is 0.130 e. The normalized spacial score (nSPS) is 25.2. The molecule has 0 saturated heterocycles. The number of furan rings is 1. The lowest BCUT2D eigenvalue weighted by Gasteiger charge is -2.38. The van der Waals surface area contributed by atoms with Gasteiger partial charge in [-0.15, -0.1) is 0 Å². The van der Waals surface area contributed by atoms with E-state index in [1.54, 1.807) is 0 Å². The fraction of sp³-hybridized carbons (Fsp3) is 0.778. The molecule has 2 unspecified atom stereocenters. The molecule has 0 spiro atoms. The second-order valence-electron chi connectivity index (χ2n) is 7.45. The smallest absolute Gasteiger partial charge is 0.130 e. The zero-order chi connectivity index (χ0) is 15.5. The van der Waals surface area contributed by atoms with Crippen LogP contribution in [0.1, 0.15) is 64.0 Å². The van der Waals surface area contributed by atoms with Gasteiger partial charge in [-0.3, -0.25) is 0 Å². The summed E-state index contributed by atoms with van der Waals surface area (Å²) in [6.45, 7) is 13.6. The average Bonchev–Trinajstić information content (AvgIpc) is 2.72. The molecular weight excluding hydrogens is 262 g/mol. The van der Waals surface area contributed by atoms with Crippen LogP contribution in [0.25, 0.3) is 0 Å². The van der Waals surface area contributed by atoms with Gasteiger partial charge in [0.15, 0.2) is 0 Å². The van der Waals surface area contributed by atoms with Crippen molar-refractivity contribution in [2.45, 2.75) is 73.1 Å². The first-order chi connectivity index (χ1) is 9.89. The van der Waals surface area contributed by atoms with Crippen LogP contribution < -0.4 is 5.32 Å². The van der Waals surface area contributed by atoms with Gasteiger partial charge < -0.3 is 14.5 Å². The first-order valence-electron chi connectivity index (χ1n) is 8.30. The number of hydrogen-bond acceptors (Lipinski definition) is 3. The van der Waals surface area contributed by atoms with E-state index in [-0.39, 0.29) is 0 Å². The number of aryl methyl sites for hydroxylation is 1. The van der Waals surface area contributed by atoms with Gasteiger partial charge in [0, 0.05) is 0 Å². The second-order valence-corrected chi connectivity index (χ2v) is 7.45. The van der Waals surface area contributed by atoms with Crippen LogP contribution in [0.5, 0.6) is 0 Å². The zero-order valence-corrected chi connectivity index (χ0v) is 14.3. The van der Waals surface area contributed by atoms with Gasteiger partial charge in [-0.25, -0.2) is 0 Å². The third-order valence-corrected chi connectivity index (χ3v) is 4.42. The molecule has 120 valence electrons. The molecule has 0 aliphatic heterocycles. The summed E-state index contributed by atoms with van der Waals surface area (Å²) in [4.78, 5) is 0. The Hall–Kier alpha value is -0.800. The minimum Gasteiger partial charge on any atom is -0.462 e. The van der Waals surface area contributed by atoms with Crippen LogP contribution in [0.15, 0.2) is 10.5 Å². The number of hydrogen-bond donors (Lipinski definition) is 1. The Balaban J connectivity index is 1.88. The molecule has 0 bridgehead atoms. The van der Waals surface area contributed by atoms with Crippen molar-refractivity contribution >= 4 is 0 Å². The fourth-order valence-corrected chi connectivity index (χ4v) is 3.66. The molecular formula is C18H31NO2. The van der Waals surface area contributed by atoms with E-state index in [0.29, 0.717) is 18.1 Å². The molecule has 0 radical (unpaired) electrons. The van der Waals surface area contributed by atoms with E-state index < -0.39 is 0 Å². The second kappa shape index (κ2) is 6.97. The number of nitrogens with one attached hydrogen (secondary N) is 1. The molecule has 1 N–H and O–H groups in total. The Labute approximate surface area is 129 Å². The summed E-state index contributed by atoms with van der Waals surface area (Å²) in [6, 6.07) is 2.12. The molecule has 1 aliphatic rings. The van der Waals surface area contributed by atoms with Crippen molar-refractivity contribution in [2.75, 3.05) is 6.54 Å². The van der Waals surface area contributed by atoms with Crippen molar-refractivity contribution in [3.05, 3.63) is 23.2 Å². The van der Waals surface area contributed by atoms with Gasteiger partial charge in [-0.2, -0.15) is 0 Å². The number of rotatable bonds is 6. The quantitative estimate of drug-likeness (QED) is 0.842. The summed E-state index contributed by atoms with van der Waals surface area (Å²) < 4.78 is 12.0. The van der Waals surface area contributed by atoms with E-state index in [1.807, 2.05) is 0 Å². The molecule has 2 rings (SSSR count). The molecule has 1 aromatic heterocycles. The van der Waals surface area contributed by atoms with Crippen LogP contribution in [0.4, 0.5) is 0 Å². The predicted molar refractivity (Wildman–Crippen MR) is 86.2 cm³/mol. The Morgan fingerprint density at radius 2 is 2.14 bits per heavy atom. The van der Waals surface area contributed by atoms with E-state index in [0.717, 1.165) is 36.9 Å². The summed E-state index contributed by atoms with van der Waals surface area (Å²) in [5, 5.41) is 3.31. The van der Waals surface area contributed by atoms with Gasteiger partial charge in [-0.05, 0) is 55.7 Å². The van der Waals surface area contributed by atoms with Gasteiger partial charge in [0.05, 0.1) is 12.6 Å². The van der Waals surface area contributed by atoms with Crippen molar-refractivity contribution in [1.29, 1.82) is 0 Å². The van der Waals surface area contributed by atoms with Crippen LogP contribution in [0, 0.1) is 18.3 Å². The Morgan fingerprint density at radius 3 is 2.81 bits per heavy atom. The van der Waals surface area contributed by atoms with Crippen molar-refractivity contribution in [1.82, 2.24) is 5.32 Å². The first-order valence-corrected chi connectivity index (χ1v) is 8.30. The highest BCUT2D eigenvalue weighted by molar-refractivity contribution is 5.19. The molecule has 1 aliphatic carbocycles. The first kappa shape index (κ1) is 16.6. The maximum absolute atomic E-state index is 6.13. The number of ether oxygens (including phenoxy) is 1. The van der Waals surface area contributed by atoms with E-state index in [9.17, 15) is 0 Å². The lowest BCUT2D eigenvalue weighted by molar-refractivity contribution is -0.0370. The van der Waals surface area contributed by atoms with E-state index in [1.165, 1.54) is 18.4 Å². The van der Waals surface area contributed by atoms with Crippen LogP contribution >= 0.6 is 0 Å². The van der Waals surface area contributed by atoms with Crippen LogP contribution in [-0.4, -0.2) is 12.6 Å². The van der Waals surface area contributed by atoms with E-state index in [4.69, 9.17) is 9.15 Å². The predicted octanol–water partition coefficient (Wildman–Crippen LogP) is 4.43. The zero-order valence-electron chi connectivity index (χ0n) is 14.3. The van der Waals surface area contributed by atoms with Crippen molar-refractivity contribution < 1.29 is 9.15 Å². The Bertz CT molecular complexity index is 450. The van der Waals surface area contributed by atoms with Crippen molar-refractivity contribution in [2.24, 2.45) is 11.3 Å². The molecule has 0 aromatic carbocycles. The fourth-order valence-electron chi connectivity index (χ4n) is 3.66. The van der Waals surface area contributed by atoms with Gasteiger partial charge >= 0.3 is 0 Å². The molecule has 1 saturated carbocycles. The molecule has 1 fully saturated rings. The van der Waals surface area contributed by atoms with Gasteiger partial charge in [0.1, 0.15) is 18.1 Å². The lowest BCUT2D eigenvalue weighted by Crippen LogP contribution is -2.32. The standard InChI is InChI=1S/C18H31NO2/c1-6-19-11-17-14(3)8-16(21-17)12-20-15-7-13(2)9-18(4,5)10-15/h8,13,15,19H,6-7,9-12H2,1-5H3. The Kier molecular flexibility index (Phi) is 5.50. The summed E-state index contributed by atoms with van der Waals surface area (Å²) in [7, 11) is 0. The van der Waals surface area contributed by atoms with Crippen molar-refractivity contribution in [3.8, 4) is 0 Å². The largest absolute Gasteiger partial charge is 0.462 e. The third kappa shape index (κ3) is 4.86. The maximum atomic E-state index is 6.13. The SMILES string of the molecule is CCNCc1oc(COC2CC(C)CC(C)(C)C2)cc1C. The lowest BCUT2D eigenvalue weighted by atomic mass is 9.71. The highest BCUT2D eigenvalue weighted by atomic mass is 16.5. The van der Waals surface area contributed by atoms with Crippen LogP contribution in [0.2, 0.25) is 0 Å². The summed E-state index contributed by atoms with van der Waals surface area (Å²) in [6.07, 6.45) is 4.00. The average molecular weight is 293 g/mol. The van der Waals surface area contributed by atoms with Gasteiger partial charge in [0.25, 0.3) is 0 Å². The van der Waals surface area contributed by atoms with Gasteiger partial charge in [-0.1, -0.05) is 27.7 Å². The van der Waals surface area contributed by atoms with E-state index in [2.05, 4.69) is 46.0 Å². The minimum atomic E-state index is 0.367. The monoisotopic (exact) mass is 293 g/mol. The Morgan fingerprint density at radius 1 is 1.38 bits per heavy atom. The molecule has 3 nitrogen and oxygen atoms in total. The van der Waals surface area contributed by atoms with Crippen LogP contribution in [0.3, 0.4) is 0 Å². The van der Waals surface area contributed by atoms with Gasteiger partial charge in [0.2, 0.25) is 0 Å². The topological polar surface area (TPSA) is 34.4 Å². The highest BCUT2D eigenvalue weighted by Gasteiger charge is 2.32. The molecule has 1 aromatic rings. The summed E-state index contributed by atoms with van der Waals surface area (Å²) in [5.74, 6) is 2.74. The molecule has 0 amide bonds. The van der Waals surface area contributed by atoms with E-state index >= 15 is 0 Å². The highest BCUT2D eigenvalue weighted by Crippen LogP contribution is 2.39. The van der Waals surface area contributed by atoms with Crippen molar-refractivity contribution in [3.63, 3.8) is 0 Å².